The molecule has 0 saturated heterocycles. The number of hydrogen-bond acceptors (Lipinski definition) is 3. The normalized spacial score (nSPS) is 12.5. The van der Waals surface area contributed by atoms with Gasteiger partial charge < -0.3 is 9.47 Å². The number of rotatable bonds is 10. The molecule has 0 spiro atoms. The van der Waals surface area contributed by atoms with Crippen LogP contribution in [0.2, 0.25) is 0 Å². The molecule has 1 atom stereocenters. The summed E-state index contributed by atoms with van der Waals surface area (Å²) >= 11 is 3.38. The molecule has 0 radical (unpaired) electrons. The number of aryl methyl sites for hydroxylation is 1. The Kier molecular flexibility index (Phi) is 7.63. The zero-order valence-electron chi connectivity index (χ0n) is 13.0. The Morgan fingerprint density at radius 3 is 2.77 bits per heavy atom. The molecule has 1 heterocycles. The molecule has 2 rings (SSSR count). The highest BCUT2D eigenvalue weighted by Crippen LogP contribution is 2.07. The third kappa shape index (κ3) is 6.73. The van der Waals surface area contributed by atoms with Crippen LogP contribution in [0.15, 0.2) is 47.2 Å². The standard InChI is InChI=1S/C17H23BrN2O2/c1-15(22-14-16-6-3-2-4-7-16)8-11-21-10-5-9-20-13-17(18)12-19-20/h2-4,6-7,12-13,15H,5,8-11,14H2,1H3. The van der Waals surface area contributed by atoms with Crippen molar-refractivity contribution in [3.05, 3.63) is 52.8 Å². The third-order valence-corrected chi connectivity index (χ3v) is 3.73. The first-order chi connectivity index (χ1) is 10.7. The average Bonchev–Trinajstić information content (AvgIpc) is 2.95. The molecule has 0 bridgehead atoms. The van der Waals surface area contributed by atoms with Crippen LogP contribution in [0.1, 0.15) is 25.3 Å². The van der Waals surface area contributed by atoms with Crippen LogP contribution in [0, 0.1) is 0 Å². The van der Waals surface area contributed by atoms with Gasteiger partial charge in [0.2, 0.25) is 0 Å². The van der Waals surface area contributed by atoms with Crippen LogP contribution in [-0.2, 0) is 22.6 Å². The van der Waals surface area contributed by atoms with Crippen LogP contribution < -0.4 is 0 Å². The van der Waals surface area contributed by atoms with E-state index in [4.69, 9.17) is 9.47 Å². The number of benzene rings is 1. The van der Waals surface area contributed by atoms with Crippen LogP contribution in [-0.4, -0.2) is 29.1 Å². The molecule has 2 aromatic rings. The van der Waals surface area contributed by atoms with E-state index in [2.05, 4.69) is 40.1 Å². The monoisotopic (exact) mass is 366 g/mol. The first-order valence-corrected chi connectivity index (χ1v) is 8.44. The number of aromatic nitrogens is 2. The predicted octanol–water partition coefficient (Wildman–Crippen LogP) is 4.05. The number of ether oxygens (including phenoxy) is 2. The third-order valence-electron chi connectivity index (χ3n) is 3.32. The Hall–Kier alpha value is -1.17. The SMILES string of the molecule is CC(CCOCCCn1cc(Br)cn1)OCc1ccccc1. The van der Waals surface area contributed by atoms with Gasteiger partial charge in [-0.25, -0.2) is 0 Å². The van der Waals surface area contributed by atoms with E-state index in [-0.39, 0.29) is 6.10 Å². The molecule has 1 aromatic carbocycles. The maximum Gasteiger partial charge on any atom is 0.0720 e. The van der Waals surface area contributed by atoms with Gasteiger partial charge in [-0.05, 0) is 41.3 Å². The summed E-state index contributed by atoms with van der Waals surface area (Å²) in [6, 6.07) is 10.2. The van der Waals surface area contributed by atoms with Crippen LogP contribution in [0.5, 0.6) is 0 Å². The van der Waals surface area contributed by atoms with Crippen LogP contribution >= 0.6 is 15.9 Å². The molecule has 5 heteroatoms. The second-order valence-corrected chi connectivity index (χ2v) is 6.20. The minimum absolute atomic E-state index is 0.210. The maximum absolute atomic E-state index is 5.81. The van der Waals surface area contributed by atoms with E-state index in [0.717, 1.165) is 37.1 Å². The molecule has 0 aliphatic heterocycles. The summed E-state index contributed by atoms with van der Waals surface area (Å²) < 4.78 is 14.4. The van der Waals surface area contributed by atoms with Gasteiger partial charge in [0.05, 0.1) is 23.4 Å². The van der Waals surface area contributed by atoms with E-state index in [1.165, 1.54) is 5.56 Å². The van der Waals surface area contributed by atoms with Gasteiger partial charge in [0.15, 0.2) is 0 Å². The van der Waals surface area contributed by atoms with Crippen molar-refractivity contribution in [3.63, 3.8) is 0 Å². The summed E-state index contributed by atoms with van der Waals surface area (Å²) in [4.78, 5) is 0. The second kappa shape index (κ2) is 9.77. The van der Waals surface area contributed by atoms with E-state index >= 15 is 0 Å². The summed E-state index contributed by atoms with van der Waals surface area (Å²) in [5, 5.41) is 4.21. The van der Waals surface area contributed by atoms with E-state index in [9.17, 15) is 0 Å². The summed E-state index contributed by atoms with van der Waals surface area (Å²) in [7, 11) is 0. The molecule has 0 N–H and O–H groups in total. The van der Waals surface area contributed by atoms with Crippen molar-refractivity contribution in [2.24, 2.45) is 0 Å². The van der Waals surface area contributed by atoms with Crippen molar-refractivity contribution in [1.82, 2.24) is 9.78 Å². The molecule has 0 saturated carbocycles. The quantitative estimate of drug-likeness (QED) is 0.595. The van der Waals surface area contributed by atoms with Crippen molar-refractivity contribution in [1.29, 1.82) is 0 Å². The molecular formula is C17H23BrN2O2. The Morgan fingerprint density at radius 1 is 1.23 bits per heavy atom. The number of hydrogen-bond donors (Lipinski definition) is 0. The highest BCUT2D eigenvalue weighted by Gasteiger charge is 2.03. The summed E-state index contributed by atoms with van der Waals surface area (Å²) in [5.74, 6) is 0. The lowest BCUT2D eigenvalue weighted by molar-refractivity contribution is 0.0213. The number of halogens is 1. The van der Waals surface area contributed by atoms with Gasteiger partial charge in [0.1, 0.15) is 0 Å². The minimum atomic E-state index is 0.210. The first kappa shape index (κ1) is 17.2. The second-order valence-electron chi connectivity index (χ2n) is 5.28. The number of nitrogens with zero attached hydrogens (tertiary/aromatic N) is 2. The fourth-order valence-corrected chi connectivity index (χ4v) is 2.36. The first-order valence-electron chi connectivity index (χ1n) is 7.65. The van der Waals surface area contributed by atoms with Crippen molar-refractivity contribution < 1.29 is 9.47 Å². The van der Waals surface area contributed by atoms with Crippen molar-refractivity contribution in [3.8, 4) is 0 Å². The van der Waals surface area contributed by atoms with Gasteiger partial charge >= 0.3 is 0 Å². The lowest BCUT2D eigenvalue weighted by atomic mass is 10.2. The highest BCUT2D eigenvalue weighted by atomic mass is 79.9. The van der Waals surface area contributed by atoms with Crippen molar-refractivity contribution in [2.75, 3.05) is 13.2 Å². The van der Waals surface area contributed by atoms with Crippen LogP contribution in [0.25, 0.3) is 0 Å². The lowest BCUT2D eigenvalue weighted by Crippen LogP contribution is -2.12. The van der Waals surface area contributed by atoms with E-state index in [1.54, 1.807) is 6.20 Å². The van der Waals surface area contributed by atoms with Crippen molar-refractivity contribution in [2.45, 2.75) is 39.0 Å². The topological polar surface area (TPSA) is 36.3 Å². The Bertz CT molecular complexity index is 530. The van der Waals surface area contributed by atoms with Crippen LogP contribution in [0.4, 0.5) is 0 Å². The fraction of sp³-hybridized carbons (Fsp3) is 0.471. The molecule has 0 aliphatic carbocycles. The highest BCUT2D eigenvalue weighted by molar-refractivity contribution is 9.10. The van der Waals surface area contributed by atoms with Crippen molar-refractivity contribution >= 4 is 15.9 Å². The summed E-state index contributed by atoms with van der Waals surface area (Å²) in [6.45, 7) is 5.12. The fourth-order valence-electron chi connectivity index (χ4n) is 2.04. The van der Waals surface area contributed by atoms with E-state index in [0.29, 0.717) is 6.61 Å². The lowest BCUT2D eigenvalue weighted by Gasteiger charge is -2.13. The Morgan fingerprint density at radius 2 is 2.05 bits per heavy atom. The zero-order chi connectivity index (χ0) is 15.6. The van der Waals surface area contributed by atoms with Gasteiger partial charge in [-0.3, -0.25) is 4.68 Å². The van der Waals surface area contributed by atoms with Gasteiger partial charge in [-0.2, -0.15) is 5.10 Å². The van der Waals surface area contributed by atoms with Gasteiger partial charge in [0.25, 0.3) is 0 Å². The largest absolute Gasteiger partial charge is 0.381 e. The molecule has 1 unspecified atom stereocenters. The molecular weight excluding hydrogens is 344 g/mol. The Labute approximate surface area is 140 Å². The Balaban J connectivity index is 1.47. The molecule has 22 heavy (non-hydrogen) atoms. The predicted molar refractivity (Wildman–Crippen MR) is 90.7 cm³/mol. The van der Waals surface area contributed by atoms with E-state index < -0.39 is 0 Å². The molecule has 0 amide bonds. The molecule has 0 fully saturated rings. The van der Waals surface area contributed by atoms with Gasteiger partial charge in [-0.15, -0.1) is 0 Å². The van der Waals surface area contributed by atoms with Gasteiger partial charge in [0, 0.05) is 26.0 Å². The average molecular weight is 367 g/mol. The zero-order valence-corrected chi connectivity index (χ0v) is 14.5. The summed E-state index contributed by atoms with van der Waals surface area (Å²) in [5.41, 5.74) is 1.21. The van der Waals surface area contributed by atoms with Gasteiger partial charge in [-0.1, -0.05) is 30.3 Å². The molecule has 1 aromatic heterocycles. The molecule has 4 nitrogen and oxygen atoms in total. The molecule has 0 aliphatic rings. The maximum atomic E-state index is 5.81. The van der Waals surface area contributed by atoms with E-state index in [1.807, 2.05) is 29.1 Å². The molecule has 120 valence electrons. The van der Waals surface area contributed by atoms with Crippen LogP contribution in [0.3, 0.4) is 0 Å². The summed E-state index contributed by atoms with van der Waals surface area (Å²) in [6.07, 6.45) is 5.86. The minimum Gasteiger partial charge on any atom is -0.381 e. The smallest absolute Gasteiger partial charge is 0.0720 e.